The number of amides is 1. The quantitative estimate of drug-likeness (QED) is 0.765. The smallest absolute Gasteiger partial charge is 0.234 e. The predicted octanol–water partition coefficient (Wildman–Crippen LogP) is 3.25. The number of carbonyl (C=O) groups excluding carboxylic acids is 1. The molecule has 1 aliphatic rings. The van der Waals surface area contributed by atoms with Gasteiger partial charge in [0.1, 0.15) is 0 Å². The monoisotopic (exact) mass is 403 g/mol. The molecule has 130 valence electrons. The molecule has 4 nitrogen and oxygen atoms in total. The van der Waals surface area contributed by atoms with Crippen molar-refractivity contribution in [2.45, 2.75) is 44.7 Å². The maximum atomic E-state index is 12.3. The summed E-state index contributed by atoms with van der Waals surface area (Å²) in [6.07, 6.45) is 4.57. The molecular formula is C17H27BrClN3O. The Bertz CT molecular complexity index is 481. The summed E-state index contributed by atoms with van der Waals surface area (Å²) in [5, 5.41) is 3.10. The van der Waals surface area contributed by atoms with Gasteiger partial charge in [-0.25, -0.2) is 0 Å². The minimum absolute atomic E-state index is 0. The van der Waals surface area contributed by atoms with Crippen molar-refractivity contribution in [1.29, 1.82) is 0 Å². The SMILES string of the molecule is CC(NC(=O)CN1CCCCC1CCN)c1ccc(Br)cc1.Cl. The van der Waals surface area contributed by atoms with Crippen LogP contribution in [0.15, 0.2) is 28.7 Å². The number of hydrogen-bond acceptors (Lipinski definition) is 3. The normalized spacial score (nSPS) is 19.7. The second kappa shape index (κ2) is 10.3. The maximum Gasteiger partial charge on any atom is 0.234 e. The van der Waals surface area contributed by atoms with Crippen molar-refractivity contribution in [2.75, 3.05) is 19.6 Å². The molecule has 0 radical (unpaired) electrons. The fourth-order valence-corrected chi connectivity index (χ4v) is 3.36. The van der Waals surface area contributed by atoms with E-state index in [0.717, 1.165) is 29.4 Å². The van der Waals surface area contributed by atoms with Crippen molar-refractivity contribution in [3.05, 3.63) is 34.3 Å². The lowest BCUT2D eigenvalue weighted by Gasteiger charge is -2.35. The molecule has 1 saturated heterocycles. The summed E-state index contributed by atoms with van der Waals surface area (Å²) in [5.74, 6) is 0.0966. The van der Waals surface area contributed by atoms with Crippen LogP contribution < -0.4 is 11.1 Å². The summed E-state index contributed by atoms with van der Waals surface area (Å²) < 4.78 is 1.05. The summed E-state index contributed by atoms with van der Waals surface area (Å²) in [7, 11) is 0. The summed E-state index contributed by atoms with van der Waals surface area (Å²) in [6.45, 7) is 4.20. The summed E-state index contributed by atoms with van der Waals surface area (Å²) in [4.78, 5) is 14.6. The van der Waals surface area contributed by atoms with Gasteiger partial charge in [-0.2, -0.15) is 0 Å². The van der Waals surface area contributed by atoms with E-state index in [1.165, 1.54) is 12.8 Å². The van der Waals surface area contributed by atoms with E-state index in [-0.39, 0.29) is 24.4 Å². The van der Waals surface area contributed by atoms with Crippen LogP contribution in [-0.2, 0) is 4.79 Å². The number of nitrogens with one attached hydrogen (secondary N) is 1. The van der Waals surface area contributed by atoms with Crippen LogP contribution >= 0.6 is 28.3 Å². The number of hydrogen-bond donors (Lipinski definition) is 2. The van der Waals surface area contributed by atoms with Crippen molar-refractivity contribution in [2.24, 2.45) is 5.73 Å². The number of rotatable bonds is 6. The van der Waals surface area contributed by atoms with Crippen LogP contribution in [0.25, 0.3) is 0 Å². The first kappa shape index (κ1) is 20.4. The molecular weight excluding hydrogens is 378 g/mol. The van der Waals surface area contributed by atoms with Crippen molar-refractivity contribution < 1.29 is 4.79 Å². The van der Waals surface area contributed by atoms with Crippen LogP contribution in [0, 0.1) is 0 Å². The number of carbonyl (C=O) groups is 1. The fraction of sp³-hybridized carbons (Fsp3) is 0.588. The predicted molar refractivity (Wildman–Crippen MR) is 101 cm³/mol. The number of likely N-dealkylation sites (tertiary alicyclic amines) is 1. The van der Waals surface area contributed by atoms with Gasteiger partial charge in [-0.3, -0.25) is 9.69 Å². The Labute approximate surface area is 153 Å². The van der Waals surface area contributed by atoms with Crippen LogP contribution in [-0.4, -0.2) is 36.5 Å². The lowest BCUT2D eigenvalue weighted by Crippen LogP contribution is -2.46. The van der Waals surface area contributed by atoms with Crippen LogP contribution in [0.1, 0.15) is 44.2 Å². The molecule has 0 spiro atoms. The molecule has 1 aliphatic heterocycles. The second-order valence-corrected chi connectivity index (χ2v) is 6.95. The van der Waals surface area contributed by atoms with Crippen LogP contribution in [0.4, 0.5) is 0 Å². The number of halogens is 2. The summed E-state index contributed by atoms with van der Waals surface area (Å²) >= 11 is 3.43. The second-order valence-electron chi connectivity index (χ2n) is 6.04. The van der Waals surface area contributed by atoms with Gasteiger partial charge in [0, 0.05) is 10.5 Å². The molecule has 0 aliphatic carbocycles. The Kier molecular flexibility index (Phi) is 9.14. The molecule has 3 N–H and O–H groups in total. The van der Waals surface area contributed by atoms with Crippen molar-refractivity contribution in [3.8, 4) is 0 Å². The van der Waals surface area contributed by atoms with Gasteiger partial charge in [0.15, 0.2) is 0 Å². The molecule has 2 rings (SSSR count). The largest absolute Gasteiger partial charge is 0.348 e. The first-order chi connectivity index (χ1) is 10.6. The lowest BCUT2D eigenvalue weighted by molar-refractivity contribution is -0.123. The summed E-state index contributed by atoms with van der Waals surface area (Å²) in [6, 6.07) is 8.56. The molecule has 6 heteroatoms. The molecule has 1 amide bonds. The highest BCUT2D eigenvalue weighted by Crippen LogP contribution is 2.20. The molecule has 2 unspecified atom stereocenters. The third kappa shape index (κ3) is 6.42. The highest BCUT2D eigenvalue weighted by atomic mass is 79.9. The Balaban J connectivity index is 0.00000264. The van der Waals surface area contributed by atoms with Crippen LogP contribution in [0.2, 0.25) is 0 Å². The minimum atomic E-state index is 0. The van der Waals surface area contributed by atoms with E-state index in [2.05, 4.69) is 26.1 Å². The topological polar surface area (TPSA) is 58.4 Å². The molecule has 2 atom stereocenters. The summed E-state index contributed by atoms with van der Waals surface area (Å²) in [5.41, 5.74) is 6.81. The number of piperidine rings is 1. The van der Waals surface area contributed by atoms with Gasteiger partial charge in [-0.15, -0.1) is 12.4 Å². The molecule has 1 aromatic rings. The first-order valence-corrected chi connectivity index (χ1v) is 8.88. The lowest BCUT2D eigenvalue weighted by atomic mass is 9.99. The molecule has 1 heterocycles. The molecule has 0 aromatic heterocycles. The van der Waals surface area contributed by atoms with E-state index in [0.29, 0.717) is 19.1 Å². The van der Waals surface area contributed by atoms with Gasteiger partial charge in [-0.1, -0.05) is 34.5 Å². The van der Waals surface area contributed by atoms with E-state index < -0.39 is 0 Å². The Morgan fingerprint density at radius 2 is 2.09 bits per heavy atom. The van der Waals surface area contributed by atoms with E-state index in [1.807, 2.05) is 31.2 Å². The zero-order valence-electron chi connectivity index (χ0n) is 13.6. The van der Waals surface area contributed by atoms with Gasteiger partial charge in [0.25, 0.3) is 0 Å². The molecule has 0 saturated carbocycles. The average Bonchev–Trinajstić information content (AvgIpc) is 2.50. The van der Waals surface area contributed by atoms with E-state index in [9.17, 15) is 4.79 Å². The molecule has 1 aromatic carbocycles. The van der Waals surface area contributed by atoms with Crippen LogP contribution in [0.5, 0.6) is 0 Å². The van der Waals surface area contributed by atoms with Gasteiger partial charge in [0.2, 0.25) is 5.91 Å². The highest BCUT2D eigenvalue weighted by Gasteiger charge is 2.24. The van der Waals surface area contributed by atoms with Crippen LogP contribution in [0.3, 0.4) is 0 Å². The zero-order valence-corrected chi connectivity index (χ0v) is 16.0. The molecule has 0 bridgehead atoms. The fourth-order valence-electron chi connectivity index (χ4n) is 3.09. The molecule has 1 fully saturated rings. The Morgan fingerprint density at radius 3 is 2.74 bits per heavy atom. The molecule has 23 heavy (non-hydrogen) atoms. The average molecular weight is 405 g/mol. The van der Waals surface area contributed by atoms with E-state index in [1.54, 1.807) is 0 Å². The third-order valence-corrected chi connectivity index (χ3v) is 4.87. The highest BCUT2D eigenvalue weighted by molar-refractivity contribution is 9.10. The number of benzene rings is 1. The minimum Gasteiger partial charge on any atom is -0.348 e. The van der Waals surface area contributed by atoms with Crippen molar-refractivity contribution >= 4 is 34.2 Å². The third-order valence-electron chi connectivity index (χ3n) is 4.34. The van der Waals surface area contributed by atoms with Crippen molar-refractivity contribution in [3.63, 3.8) is 0 Å². The Morgan fingerprint density at radius 1 is 1.39 bits per heavy atom. The van der Waals surface area contributed by atoms with Gasteiger partial charge in [0.05, 0.1) is 12.6 Å². The van der Waals surface area contributed by atoms with Gasteiger partial charge < -0.3 is 11.1 Å². The van der Waals surface area contributed by atoms with E-state index >= 15 is 0 Å². The first-order valence-electron chi connectivity index (χ1n) is 8.09. The van der Waals surface area contributed by atoms with Crippen molar-refractivity contribution in [1.82, 2.24) is 10.2 Å². The van der Waals surface area contributed by atoms with Gasteiger partial charge >= 0.3 is 0 Å². The number of nitrogens with two attached hydrogens (primary N) is 1. The maximum absolute atomic E-state index is 12.3. The standard InChI is InChI=1S/C17H26BrN3O.ClH/c1-13(14-5-7-15(18)8-6-14)20-17(22)12-21-11-3-2-4-16(21)9-10-19;/h5-8,13,16H,2-4,9-12,19H2,1H3,(H,20,22);1H. The van der Waals surface area contributed by atoms with E-state index in [4.69, 9.17) is 5.73 Å². The zero-order chi connectivity index (χ0) is 15.9. The van der Waals surface area contributed by atoms with Gasteiger partial charge in [-0.05, 0) is 57.0 Å². The Hall–Kier alpha value is -0.620. The number of nitrogens with zero attached hydrogens (tertiary/aromatic N) is 1.